The summed E-state index contributed by atoms with van der Waals surface area (Å²) in [6.45, 7) is 0.0628. The van der Waals surface area contributed by atoms with E-state index in [0.717, 1.165) is 0 Å². The summed E-state index contributed by atoms with van der Waals surface area (Å²) in [5, 5.41) is 4.41. The lowest BCUT2D eigenvalue weighted by Crippen LogP contribution is -2.29. The summed E-state index contributed by atoms with van der Waals surface area (Å²) in [6, 6.07) is 6.03. The molecule has 2 aromatic rings. The highest BCUT2D eigenvalue weighted by Crippen LogP contribution is 2.31. The van der Waals surface area contributed by atoms with Crippen molar-refractivity contribution >= 4 is 11.7 Å². The number of halogens is 4. The molecule has 4 nitrogen and oxygen atoms in total. The lowest BCUT2D eigenvalue weighted by Gasteiger charge is -2.11. The highest BCUT2D eigenvalue weighted by atomic mass is 19.4. The van der Waals surface area contributed by atoms with Crippen LogP contribution in [0.2, 0.25) is 0 Å². The predicted molar refractivity (Wildman–Crippen MR) is 71.5 cm³/mol. The number of anilines is 1. The molecule has 0 saturated heterocycles. The normalized spacial score (nSPS) is 11.1. The summed E-state index contributed by atoms with van der Waals surface area (Å²) in [5.41, 5.74) is -1.04. The van der Waals surface area contributed by atoms with Gasteiger partial charge in [-0.3, -0.25) is 4.98 Å². The number of nitrogens with one attached hydrogen (secondary N) is 2. The topological polar surface area (TPSA) is 54.0 Å². The van der Waals surface area contributed by atoms with Crippen LogP contribution in [-0.4, -0.2) is 11.0 Å². The molecule has 0 aliphatic heterocycles. The lowest BCUT2D eigenvalue weighted by molar-refractivity contribution is -0.137. The molecule has 2 N–H and O–H groups in total. The first-order valence-electron chi connectivity index (χ1n) is 6.18. The molecule has 0 atom stereocenters. The van der Waals surface area contributed by atoms with Crippen molar-refractivity contribution in [1.82, 2.24) is 10.3 Å². The number of amides is 2. The Balaban J connectivity index is 2.02. The first-order valence-corrected chi connectivity index (χ1v) is 6.18. The Bertz CT molecular complexity index is 659. The summed E-state index contributed by atoms with van der Waals surface area (Å²) in [5.74, 6) is -0.957. The third kappa shape index (κ3) is 4.18. The molecule has 0 radical (unpaired) electrons. The van der Waals surface area contributed by atoms with Crippen LogP contribution in [0, 0.1) is 5.82 Å². The Hall–Kier alpha value is -2.64. The van der Waals surface area contributed by atoms with Gasteiger partial charge >= 0.3 is 12.2 Å². The first-order chi connectivity index (χ1) is 10.4. The van der Waals surface area contributed by atoms with Gasteiger partial charge in [0.2, 0.25) is 0 Å². The fraction of sp³-hybridized carbons (Fsp3) is 0.143. The Morgan fingerprint density at radius 3 is 2.59 bits per heavy atom. The Morgan fingerprint density at radius 1 is 1.18 bits per heavy atom. The summed E-state index contributed by atoms with van der Waals surface area (Å²) in [6.07, 6.45) is -3.09. The van der Waals surface area contributed by atoms with Crippen LogP contribution >= 0.6 is 0 Å². The molecular weight excluding hydrogens is 302 g/mol. The summed E-state index contributed by atoms with van der Waals surface area (Å²) >= 11 is 0. The minimum Gasteiger partial charge on any atom is -0.332 e. The van der Waals surface area contributed by atoms with Crippen molar-refractivity contribution in [2.45, 2.75) is 12.7 Å². The standard InChI is InChI=1S/C14H11F4N3O/c15-11-5-4-9(14(16,17)18)7-12(11)21-13(22)20-8-10-3-1-2-6-19-10/h1-7H,8H2,(H2,20,21,22). The average Bonchev–Trinajstić information content (AvgIpc) is 2.47. The molecule has 116 valence electrons. The van der Waals surface area contributed by atoms with Gasteiger partial charge in [0.1, 0.15) is 5.82 Å². The molecule has 1 aromatic heterocycles. The van der Waals surface area contributed by atoms with E-state index in [1.165, 1.54) is 6.20 Å². The van der Waals surface area contributed by atoms with Gasteiger partial charge in [0.15, 0.2) is 0 Å². The lowest BCUT2D eigenvalue weighted by atomic mass is 10.2. The number of hydrogen-bond acceptors (Lipinski definition) is 2. The van der Waals surface area contributed by atoms with Gasteiger partial charge in [0, 0.05) is 6.20 Å². The van der Waals surface area contributed by atoms with E-state index in [2.05, 4.69) is 10.3 Å². The second-order valence-electron chi connectivity index (χ2n) is 4.32. The molecule has 0 spiro atoms. The molecule has 0 fully saturated rings. The number of carbonyl (C=O) groups is 1. The van der Waals surface area contributed by atoms with Gasteiger partial charge in [-0.2, -0.15) is 13.2 Å². The number of carbonyl (C=O) groups excluding carboxylic acids is 1. The number of benzene rings is 1. The van der Waals surface area contributed by atoms with Crippen LogP contribution in [0.1, 0.15) is 11.3 Å². The Labute approximate surface area is 123 Å². The molecule has 0 aliphatic carbocycles. The van der Waals surface area contributed by atoms with Crippen molar-refractivity contribution in [3.05, 3.63) is 59.7 Å². The van der Waals surface area contributed by atoms with Crippen molar-refractivity contribution in [2.75, 3.05) is 5.32 Å². The first kappa shape index (κ1) is 15.7. The van der Waals surface area contributed by atoms with E-state index in [4.69, 9.17) is 0 Å². The van der Waals surface area contributed by atoms with Crippen LogP contribution in [0.15, 0.2) is 42.6 Å². The van der Waals surface area contributed by atoms with Crippen LogP contribution in [0.25, 0.3) is 0 Å². The minimum absolute atomic E-state index is 0.0628. The molecular formula is C14H11F4N3O. The number of alkyl halides is 3. The van der Waals surface area contributed by atoms with E-state index < -0.39 is 29.3 Å². The van der Waals surface area contributed by atoms with Crippen LogP contribution in [0.3, 0.4) is 0 Å². The number of pyridine rings is 1. The molecule has 1 heterocycles. The zero-order valence-corrected chi connectivity index (χ0v) is 11.1. The average molecular weight is 313 g/mol. The molecule has 2 rings (SSSR count). The molecule has 1 aromatic carbocycles. The monoisotopic (exact) mass is 313 g/mol. The van der Waals surface area contributed by atoms with Gasteiger partial charge in [0.05, 0.1) is 23.5 Å². The van der Waals surface area contributed by atoms with Crippen LogP contribution in [-0.2, 0) is 12.7 Å². The zero-order chi connectivity index (χ0) is 16.2. The van der Waals surface area contributed by atoms with Gasteiger partial charge in [-0.25, -0.2) is 9.18 Å². The molecule has 2 amide bonds. The molecule has 0 saturated carbocycles. The van der Waals surface area contributed by atoms with Gasteiger partial charge in [-0.15, -0.1) is 0 Å². The highest BCUT2D eigenvalue weighted by molar-refractivity contribution is 5.89. The Morgan fingerprint density at radius 2 is 1.95 bits per heavy atom. The quantitative estimate of drug-likeness (QED) is 0.851. The smallest absolute Gasteiger partial charge is 0.332 e. The van der Waals surface area contributed by atoms with Gasteiger partial charge in [0.25, 0.3) is 0 Å². The molecule has 0 aliphatic rings. The summed E-state index contributed by atoms with van der Waals surface area (Å²) in [7, 11) is 0. The summed E-state index contributed by atoms with van der Waals surface area (Å²) < 4.78 is 51.1. The van der Waals surface area contributed by atoms with Gasteiger partial charge in [-0.05, 0) is 30.3 Å². The maximum Gasteiger partial charge on any atom is 0.416 e. The van der Waals surface area contributed by atoms with E-state index in [9.17, 15) is 22.4 Å². The van der Waals surface area contributed by atoms with Crippen molar-refractivity contribution in [1.29, 1.82) is 0 Å². The largest absolute Gasteiger partial charge is 0.416 e. The van der Waals surface area contributed by atoms with Crippen molar-refractivity contribution in [2.24, 2.45) is 0 Å². The number of hydrogen-bond donors (Lipinski definition) is 2. The third-order valence-electron chi connectivity index (χ3n) is 2.70. The predicted octanol–water partition coefficient (Wildman–Crippen LogP) is 3.56. The van der Waals surface area contributed by atoms with Crippen LogP contribution in [0.4, 0.5) is 28.0 Å². The number of nitrogens with zero attached hydrogens (tertiary/aromatic N) is 1. The number of aromatic nitrogens is 1. The van der Waals surface area contributed by atoms with E-state index >= 15 is 0 Å². The fourth-order valence-electron chi connectivity index (χ4n) is 1.64. The van der Waals surface area contributed by atoms with Crippen molar-refractivity contribution < 1.29 is 22.4 Å². The van der Waals surface area contributed by atoms with E-state index in [1.54, 1.807) is 18.2 Å². The van der Waals surface area contributed by atoms with Crippen molar-refractivity contribution in [3.63, 3.8) is 0 Å². The molecule has 0 unspecified atom stereocenters. The second kappa shape index (κ2) is 6.42. The van der Waals surface area contributed by atoms with E-state index in [-0.39, 0.29) is 6.54 Å². The van der Waals surface area contributed by atoms with Gasteiger partial charge in [-0.1, -0.05) is 6.07 Å². The van der Waals surface area contributed by atoms with E-state index in [0.29, 0.717) is 23.9 Å². The molecule has 0 bridgehead atoms. The molecule has 22 heavy (non-hydrogen) atoms. The zero-order valence-electron chi connectivity index (χ0n) is 11.1. The fourth-order valence-corrected chi connectivity index (χ4v) is 1.64. The SMILES string of the molecule is O=C(NCc1ccccn1)Nc1cc(C(F)(F)F)ccc1F. The number of rotatable bonds is 3. The third-order valence-corrected chi connectivity index (χ3v) is 2.70. The van der Waals surface area contributed by atoms with Gasteiger partial charge < -0.3 is 10.6 Å². The van der Waals surface area contributed by atoms with Crippen LogP contribution in [0.5, 0.6) is 0 Å². The molecule has 8 heteroatoms. The Kier molecular flexibility index (Phi) is 4.59. The second-order valence-corrected chi connectivity index (χ2v) is 4.32. The highest BCUT2D eigenvalue weighted by Gasteiger charge is 2.31. The minimum atomic E-state index is -4.62. The number of urea groups is 1. The van der Waals surface area contributed by atoms with Crippen molar-refractivity contribution in [3.8, 4) is 0 Å². The van der Waals surface area contributed by atoms with Crippen LogP contribution < -0.4 is 10.6 Å². The maximum atomic E-state index is 13.5. The van der Waals surface area contributed by atoms with E-state index in [1.807, 2.05) is 5.32 Å². The summed E-state index contributed by atoms with van der Waals surface area (Å²) in [4.78, 5) is 15.6. The maximum absolute atomic E-state index is 13.5.